The maximum atomic E-state index is 13.5. The number of hydrogen-bond donors (Lipinski definition) is 0. The Balaban J connectivity index is 1.13. The number of piperidine rings is 1. The Kier molecular flexibility index (Phi) is 6.79. The summed E-state index contributed by atoms with van der Waals surface area (Å²) >= 11 is 0. The molecule has 0 radical (unpaired) electrons. The predicted octanol–water partition coefficient (Wildman–Crippen LogP) is 5.25. The summed E-state index contributed by atoms with van der Waals surface area (Å²) in [6.45, 7) is 5.49. The molecule has 0 N–H and O–H groups in total. The van der Waals surface area contributed by atoms with Gasteiger partial charge in [-0.3, -0.25) is 14.5 Å². The quantitative estimate of drug-likeness (QED) is 0.488. The molecule has 3 heterocycles. The highest BCUT2D eigenvalue weighted by molar-refractivity contribution is 5.98. The van der Waals surface area contributed by atoms with Gasteiger partial charge in [-0.25, -0.2) is 0 Å². The summed E-state index contributed by atoms with van der Waals surface area (Å²) < 4.78 is 0. The van der Waals surface area contributed by atoms with Crippen molar-refractivity contribution in [3.05, 3.63) is 95.1 Å². The van der Waals surface area contributed by atoms with Crippen molar-refractivity contribution in [2.24, 2.45) is 0 Å². The van der Waals surface area contributed by atoms with E-state index in [9.17, 15) is 9.59 Å². The van der Waals surface area contributed by atoms with E-state index in [4.69, 9.17) is 0 Å². The van der Waals surface area contributed by atoms with Gasteiger partial charge in [-0.15, -0.1) is 0 Å². The number of nitrogens with zero attached hydrogens (tertiary/aromatic N) is 3. The summed E-state index contributed by atoms with van der Waals surface area (Å²) in [6, 6.07) is 25.1. The molecule has 2 saturated heterocycles. The first-order valence-corrected chi connectivity index (χ1v) is 13.8. The molecule has 190 valence electrons. The molecule has 3 aliphatic rings. The van der Waals surface area contributed by atoms with Crippen molar-refractivity contribution in [1.82, 2.24) is 14.7 Å². The Morgan fingerprint density at radius 2 is 1.57 bits per heavy atom. The second kappa shape index (κ2) is 10.5. The molecule has 0 bridgehead atoms. The van der Waals surface area contributed by atoms with Gasteiger partial charge in [-0.2, -0.15) is 0 Å². The number of benzene rings is 3. The Morgan fingerprint density at radius 3 is 2.35 bits per heavy atom. The van der Waals surface area contributed by atoms with Crippen molar-refractivity contribution in [3.8, 4) is 11.1 Å². The highest BCUT2D eigenvalue weighted by Crippen LogP contribution is 2.29. The number of amides is 2. The summed E-state index contributed by atoms with van der Waals surface area (Å²) in [7, 11) is 0. The fourth-order valence-electron chi connectivity index (χ4n) is 6.21. The highest BCUT2D eigenvalue weighted by Gasteiger charge is 2.33. The second-order valence-electron chi connectivity index (χ2n) is 10.7. The Labute approximate surface area is 219 Å². The van der Waals surface area contributed by atoms with Gasteiger partial charge in [0.2, 0.25) is 0 Å². The van der Waals surface area contributed by atoms with Crippen LogP contribution in [-0.2, 0) is 13.0 Å². The molecule has 5 heteroatoms. The lowest BCUT2D eigenvalue weighted by molar-refractivity contribution is 0.0515. The van der Waals surface area contributed by atoms with Gasteiger partial charge in [0, 0.05) is 49.9 Å². The van der Waals surface area contributed by atoms with Crippen molar-refractivity contribution >= 4 is 11.8 Å². The molecule has 3 aromatic carbocycles. The van der Waals surface area contributed by atoms with Crippen LogP contribution in [0.4, 0.5) is 0 Å². The zero-order chi connectivity index (χ0) is 25.2. The van der Waals surface area contributed by atoms with Gasteiger partial charge in [-0.1, -0.05) is 54.6 Å². The second-order valence-corrected chi connectivity index (χ2v) is 10.7. The van der Waals surface area contributed by atoms with Crippen LogP contribution >= 0.6 is 0 Å². The number of rotatable bonds is 5. The monoisotopic (exact) mass is 493 g/mol. The molecule has 0 spiro atoms. The van der Waals surface area contributed by atoms with Crippen LogP contribution in [0.15, 0.2) is 72.8 Å². The van der Waals surface area contributed by atoms with Crippen LogP contribution < -0.4 is 0 Å². The average molecular weight is 494 g/mol. The van der Waals surface area contributed by atoms with Crippen molar-refractivity contribution in [1.29, 1.82) is 0 Å². The fourth-order valence-corrected chi connectivity index (χ4v) is 6.21. The van der Waals surface area contributed by atoms with E-state index >= 15 is 0 Å². The van der Waals surface area contributed by atoms with Crippen LogP contribution in [0.3, 0.4) is 0 Å². The average Bonchev–Trinajstić information content (AvgIpc) is 3.49. The molecule has 0 aromatic heterocycles. The number of carbonyl (C=O) groups is 2. The summed E-state index contributed by atoms with van der Waals surface area (Å²) in [5.41, 5.74) is 6.25. The van der Waals surface area contributed by atoms with Gasteiger partial charge in [0.25, 0.3) is 11.8 Å². The van der Waals surface area contributed by atoms with Crippen LogP contribution in [0.25, 0.3) is 11.1 Å². The van der Waals surface area contributed by atoms with E-state index in [2.05, 4.69) is 52.3 Å². The third kappa shape index (κ3) is 5.05. The first kappa shape index (κ1) is 23.9. The van der Waals surface area contributed by atoms with E-state index in [1.807, 2.05) is 35.2 Å². The summed E-state index contributed by atoms with van der Waals surface area (Å²) in [5.74, 6) is 0.302. The van der Waals surface area contributed by atoms with E-state index < -0.39 is 0 Å². The smallest absolute Gasteiger partial charge is 0.254 e. The van der Waals surface area contributed by atoms with E-state index in [-0.39, 0.29) is 17.9 Å². The van der Waals surface area contributed by atoms with Crippen LogP contribution in [0.2, 0.25) is 0 Å². The standard InChI is InChI=1S/C32H35N3O2/c36-31(34-18-4-5-19-34)26-12-10-25(11-13-26)27-14-15-30-28(21-27)16-20-35(32(30)37)29-9-6-17-33(23-29)22-24-7-2-1-3-8-24/h1-3,7-8,10-15,21,29H,4-6,9,16-20,22-23H2/t29-/m0/s1. The zero-order valence-electron chi connectivity index (χ0n) is 21.4. The summed E-state index contributed by atoms with van der Waals surface area (Å²) in [6.07, 6.45) is 5.29. The van der Waals surface area contributed by atoms with E-state index in [0.29, 0.717) is 0 Å². The first-order chi connectivity index (χ1) is 18.2. The SMILES string of the molecule is O=C(c1ccc(-c2ccc3c(c2)CCN([C@H]2CCCN(Cc4ccccc4)C2)C3=O)cc1)N1CCCC1. The van der Waals surface area contributed by atoms with Crippen molar-refractivity contribution in [3.63, 3.8) is 0 Å². The van der Waals surface area contributed by atoms with Crippen LogP contribution in [0.5, 0.6) is 0 Å². The minimum absolute atomic E-state index is 0.130. The van der Waals surface area contributed by atoms with E-state index in [0.717, 1.165) is 99.2 Å². The van der Waals surface area contributed by atoms with Gasteiger partial charge in [0.05, 0.1) is 0 Å². The summed E-state index contributed by atoms with van der Waals surface area (Å²) in [4.78, 5) is 32.8. The van der Waals surface area contributed by atoms with Gasteiger partial charge in [0.15, 0.2) is 0 Å². The molecule has 0 unspecified atom stereocenters. The number of carbonyl (C=O) groups excluding carboxylic acids is 2. The van der Waals surface area contributed by atoms with Crippen LogP contribution in [-0.4, -0.2) is 65.3 Å². The first-order valence-electron chi connectivity index (χ1n) is 13.8. The fraction of sp³-hybridized carbons (Fsp3) is 0.375. The summed E-state index contributed by atoms with van der Waals surface area (Å²) in [5, 5.41) is 0. The number of fused-ring (bicyclic) bond motifs is 1. The minimum Gasteiger partial charge on any atom is -0.339 e. The molecular formula is C32H35N3O2. The zero-order valence-corrected chi connectivity index (χ0v) is 21.4. The van der Waals surface area contributed by atoms with Gasteiger partial charge in [0.1, 0.15) is 0 Å². The Bertz CT molecular complexity index is 1260. The molecule has 5 nitrogen and oxygen atoms in total. The molecule has 37 heavy (non-hydrogen) atoms. The lowest BCUT2D eigenvalue weighted by Gasteiger charge is -2.41. The van der Waals surface area contributed by atoms with Gasteiger partial charge in [-0.05, 0) is 79.1 Å². The number of hydrogen-bond acceptors (Lipinski definition) is 3. The Morgan fingerprint density at radius 1 is 0.811 bits per heavy atom. The molecule has 2 fully saturated rings. The highest BCUT2D eigenvalue weighted by atomic mass is 16.2. The maximum absolute atomic E-state index is 13.5. The van der Waals surface area contributed by atoms with Crippen LogP contribution in [0, 0.1) is 0 Å². The topological polar surface area (TPSA) is 43.9 Å². The van der Waals surface area contributed by atoms with E-state index in [1.165, 1.54) is 5.56 Å². The molecule has 1 atom stereocenters. The van der Waals surface area contributed by atoms with Crippen molar-refractivity contribution < 1.29 is 9.59 Å². The number of likely N-dealkylation sites (tertiary alicyclic amines) is 2. The maximum Gasteiger partial charge on any atom is 0.254 e. The van der Waals surface area contributed by atoms with Crippen molar-refractivity contribution in [2.45, 2.75) is 44.7 Å². The molecule has 2 amide bonds. The van der Waals surface area contributed by atoms with Gasteiger partial charge >= 0.3 is 0 Å². The molecular weight excluding hydrogens is 458 g/mol. The molecule has 3 aliphatic heterocycles. The molecule has 0 saturated carbocycles. The van der Waals surface area contributed by atoms with Crippen molar-refractivity contribution in [2.75, 3.05) is 32.7 Å². The largest absolute Gasteiger partial charge is 0.339 e. The molecule has 0 aliphatic carbocycles. The third-order valence-corrected chi connectivity index (χ3v) is 8.25. The minimum atomic E-state index is 0.130. The molecule has 6 rings (SSSR count). The normalized spacial score (nSPS) is 20.2. The predicted molar refractivity (Wildman–Crippen MR) is 146 cm³/mol. The van der Waals surface area contributed by atoms with E-state index in [1.54, 1.807) is 0 Å². The lowest BCUT2D eigenvalue weighted by atomic mass is 9.92. The van der Waals surface area contributed by atoms with Gasteiger partial charge < -0.3 is 9.80 Å². The lowest BCUT2D eigenvalue weighted by Crippen LogP contribution is -2.52. The third-order valence-electron chi connectivity index (χ3n) is 8.25. The Hall–Kier alpha value is -3.44. The molecule has 3 aromatic rings. The van der Waals surface area contributed by atoms with Crippen LogP contribution in [0.1, 0.15) is 57.5 Å².